The minimum atomic E-state index is -3.77. The summed E-state index contributed by atoms with van der Waals surface area (Å²) in [7, 11) is -3.77. The maximum Gasteiger partial charge on any atom is 0.276 e. The number of aromatic nitrogens is 2. The second kappa shape index (κ2) is 8.04. The molecule has 0 saturated carbocycles. The number of carbonyl (C=O) groups excluding carboxylic acids is 1. The van der Waals surface area contributed by atoms with E-state index in [9.17, 15) is 13.2 Å². The van der Waals surface area contributed by atoms with Crippen molar-refractivity contribution in [2.45, 2.75) is 25.4 Å². The average molecular weight is 430 g/mol. The van der Waals surface area contributed by atoms with Gasteiger partial charge in [0.1, 0.15) is 6.26 Å². The Labute approximate surface area is 174 Å². The number of hydrogen-bond donors (Lipinski definition) is 0. The van der Waals surface area contributed by atoms with E-state index < -0.39 is 10.0 Å². The summed E-state index contributed by atoms with van der Waals surface area (Å²) in [5.41, 5.74) is 2.05. The number of ketones is 1. The van der Waals surface area contributed by atoms with E-state index in [2.05, 4.69) is 15.1 Å². The van der Waals surface area contributed by atoms with E-state index in [0.717, 1.165) is 5.69 Å². The van der Waals surface area contributed by atoms with Crippen molar-refractivity contribution in [2.75, 3.05) is 31.1 Å². The summed E-state index contributed by atoms with van der Waals surface area (Å²) in [6.45, 7) is 5.14. The molecular weight excluding hydrogens is 408 g/mol. The van der Waals surface area contributed by atoms with Crippen LogP contribution in [-0.2, 0) is 16.4 Å². The average Bonchev–Trinajstić information content (AvgIpc) is 3.43. The molecule has 1 fully saturated rings. The van der Waals surface area contributed by atoms with Crippen LogP contribution in [0.3, 0.4) is 0 Å². The fourth-order valence-corrected chi connectivity index (χ4v) is 4.64. The molecule has 1 aliphatic heterocycles. The summed E-state index contributed by atoms with van der Waals surface area (Å²) in [6, 6.07) is 8.75. The van der Waals surface area contributed by atoms with Gasteiger partial charge in [-0.25, -0.2) is 8.42 Å². The Bertz CT molecular complexity index is 1140. The monoisotopic (exact) mass is 430 g/mol. The van der Waals surface area contributed by atoms with Crippen molar-refractivity contribution in [1.29, 1.82) is 0 Å². The van der Waals surface area contributed by atoms with Crippen LogP contribution in [0.4, 0.5) is 5.69 Å². The first kappa shape index (κ1) is 20.3. The largest absolute Gasteiger partial charge is 0.451 e. The Kier molecular flexibility index (Phi) is 5.44. The summed E-state index contributed by atoms with van der Waals surface area (Å²) < 4.78 is 38.1. The van der Waals surface area contributed by atoms with Gasteiger partial charge in [-0.05, 0) is 31.2 Å². The van der Waals surface area contributed by atoms with E-state index >= 15 is 0 Å². The normalized spacial score (nSPS) is 15.5. The summed E-state index contributed by atoms with van der Waals surface area (Å²) in [5, 5.41) is 7.65. The van der Waals surface area contributed by atoms with Crippen LogP contribution in [-0.4, -0.2) is 54.9 Å². The van der Waals surface area contributed by atoms with Gasteiger partial charge in [-0.2, -0.15) is 4.31 Å². The van der Waals surface area contributed by atoms with Gasteiger partial charge in [0.05, 0.1) is 5.56 Å². The van der Waals surface area contributed by atoms with E-state index in [0.29, 0.717) is 49.6 Å². The van der Waals surface area contributed by atoms with E-state index in [-0.39, 0.29) is 16.8 Å². The fourth-order valence-electron chi connectivity index (χ4n) is 3.30. The molecule has 0 bridgehead atoms. The standard InChI is InChI=1S/C20H22N4O5S/c1-3-18-21-22-20(29-18)16-12-19(28-13-16)30(26,27)24-10-8-23(9-11-24)17-6-4-15(5-7-17)14(2)25/h4-7,12-13H,3,8-11H2,1-2H3. The fraction of sp³-hybridized carbons (Fsp3) is 0.350. The second-order valence-electron chi connectivity index (χ2n) is 7.00. The number of aryl methyl sites for hydroxylation is 1. The number of hydrogen-bond acceptors (Lipinski definition) is 8. The molecule has 1 aromatic carbocycles. The Morgan fingerprint density at radius 3 is 2.40 bits per heavy atom. The van der Waals surface area contributed by atoms with Gasteiger partial charge in [0, 0.05) is 49.9 Å². The highest BCUT2D eigenvalue weighted by Crippen LogP contribution is 2.27. The molecule has 158 valence electrons. The maximum absolute atomic E-state index is 13.0. The molecule has 0 amide bonds. The highest BCUT2D eigenvalue weighted by atomic mass is 32.2. The Hall–Kier alpha value is -2.98. The molecule has 10 heteroatoms. The molecule has 4 rings (SSSR count). The van der Waals surface area contributed by atoms with Crippen molar-refractivity contribution < 1.29 is 22.0 Å². The summed E-state index contributed by atoms with van der Waals surface area (Å²) in [5.74, 6) is 0.723. The van der Waals surface area contributed by atoms with Crippen molar-refractivity contribution in [2.24, 2.45) is 0 Å². The Morgan fingerprint density at radius 1 is 1.10 bits per heavy atom. The number of sulfonamides is 1. The highest BCUT2D eigenvalue weighted by Gasteiger charge is 2.31. The maximum atomic E-state index is 13.0. The summed E-state index contributed by atoms with van der Waals surface area (Å²) >= 11 is 0. The molecule has 0 aliphatic carbocycles. The third kappa shape index (κ3) is 3.88. The van der Waals surface area contributed by atoms with E-state index in [1.54, 1.807) is 12.1 Å². The van der Waals surface area contributed by atoms with Crippen LogP contribution in [0.15, 0.2) is 50.5 Å². The first-order valence-corrected chi connectivity index (χ1v) is 11.1. The number of benzene rings is 1. The molecule has 1 saturated heterocycles. The molecule has 0 N–H and O–H groups in total. The molecule has 2 aromatic heterocycles. The molecule has 0 spiro atoms. The first-order chi connectivity index (χ1) is 14.4. The molecule has 3 aromatic rings. The van der Waals surface area contributed by atoms with Gasteiger partial charge in [-0.15, -0.1) is 10.2 Å². The number of piperazine rings is 1. The van der Waals surface area contributed by atoms with Gasteiger partial charge in [0.2, 0.25) is 11.0 Å². The lowest BCUT2D eigenvalue weighted by Gasteiger charge is -2.34. The van der Waals surface area contributed by atoms with Crippen molar-refractivity contribution in [3.05, 3.63) is 48.0 Å². The van der Waals surface area contributed by atoms with Gasteiger partial charge in [-0.1, -0.05) is 6.92 Å². The van der Waals surface area contributed by atoms with Crippen LogP contribution in [0.2, 0.25) is 0 Å². The predicted octanol–water partition coefficient (Wildman–Crippen LogP) is 2.61. The lowest BCUT2D eigenvalue weighted by atomic mass is 10.1. The van der Waals surface area contributed by atoms with Crippen molar-refractivity contribution in [3.8, 4) is 11.5 Å². The third-order valence-electron chi connectivity index (χ3n) is 5.06. The summed E-state index contributed by atoms with van der Waals surface area (Å²) in [6.07, 6.45) is 1.91. The summed E-state index contributed by atoms with van der Waals surface area (Å²) in [4.78, 5) is 13.5. The minimum Gasteiger partial charge on any atom is -0.451 e. The van der Waals surface area contributed by atoms with Crippen LogP contribution in [0, 0.1) is 0 Å². The number of Topliss-reactive ketones (excluding diaryl/α,β-unsaturated/α-hetero) is 1. The van der Waals surface area contributed by atoms with Gasteiger partial charge in [0.15, 0.2) is 5.78 Å². The minimum absolute atomic E-state index is 0.0155. The van der Waals surface area contributed by atoms with Crippen molar-refractivity contribution >= 4 is 21.5 Å². The number of rotatable bonds is 6. The van der Waals surface area contributed by atoms with E-state index in [1.165, 1.54) is 23.6 Å². The van der Waals surface area contributed by atoms with Crippen LogP contribution >= 0.6 is 0 Å². The topological polar surface area (TPSA) is 110 Å². The molecule has 0 atom stereocenters. The van der Waals surface area contributed by atoms with Crippen LogP contribution in [0.5, 0.6) is 0 Å². The predicted molar refractivity (Wildman–Crippen MR) is 109 cm³/mol. The molecular formula is C20H22N4O5S. The number of furan rings is 1. The quantitative estimate of drug-likeness (QED) is 0.549. The second-order valence-corrected chi connectivity index (χ2v) is 8.87. The van der Waals surface area contributed by atoms with Gasteiger partial charge < -0.3 is 13.7 Å². The number of nitrogens with zero attached hydrogens (tertiary/aromatic N) is 4. The van der Waals surface area contributed by atoms with Gasteiger partial charge in [0.25, 0.3) is 15.9 Å². The smallest absolute Gasteiger partial charge is 0.276 e. The first-order valence-electron chi connectivity index (χ1n) is 9.66. The molecule has 30 heavy (non-hydrogen) atoms. The zero-order valence-corrected chi connectivity index (χ0v) is 17.6. The Balaban J connectivity index is 1.44. The lowest BCUT2D eigenvalue weighted by molar-refractivity contribution is 0.101. The Morgan fingerprint density at radius 2 is 1.80 bits per heavy atom. The SMILES string of the molecule is CCc1nnc(-c2coc(S(=O)(=O)N3CCN(c4ccc(C(C)=O)cc4)CC3)c2)o1. The molecule has 0 unspecified atom stereocenters. The molecule has 0 radical (unpaired) electrons. The van der Waals surface area contributed by atoms with Gasteiger partial charge >= 0.3 is 0 Å². The van der Waals surface area contributed by atoms with Gasteiger partial charge in [-0.3, -0.25) is 4.79 Å². The van der Waals surface area contributed by atoms with Crippen LogP contribution in [0.25, 0.3) is 11.5 Å². The van der Waals surface area contributed by atoms with Crippen LogP contribution in [0.1, 0.15) is 30.1 Å². The van der Waals surface area contributed by atoms with Crippen molar-refractivity contribution in [1.82, 2.24) is 14.5 Å². The van der Waals surface area contributed by atoms with Crippen molar-refractivity contribution in [3.63, 3.8) is 0 Å². The highest BCUT2D eigenvalue weighted by molar-refractivity contribution is 7.89. The molecule has 9 nitrogen and oxygen atoms in total. The zero-order valence-electron chi connectivity index (χ0n) is 16.7. The molecule has 3 heterocycles. The number of anilines is 1. The number of carbonyl (C=O) groups is 1. The lowest BCUT2D eigenvalue weighted by Crippen LogP contribution is -2.48. The van der Waals surface area contributed by atoms with E-state index in [1.807, 2.05) is 19.1 Å². The molecule has 1 aliphatic rings. The zero-order chi connectivity index (χ0) is 21.3. The van der Waals surface area contributed by atoms with Crippen LogP contribution < -0.4 is 4.90 Å². The third-order valence-corrected chi connectivity index (χ3v) is 6.83. The van der Waals surface area contributed by atoms with E-state index in [4.69, 9.17) is 8.83 Å².